The lowest BCUT2D eigenvalue weighted by Gasteiger charge is -2.16. The standard InChI is InChI=1S/C15H19NO5/c1-9(2)5-11(15(18)19)16-14(17)7-10-3-4-12-13(6-10)21-8-20-12/h3-4,6,9,11H,5,7-8H2,1-2H3,(H,16,17)(H,18,19)/t11-/m1/s1. The zero-order valence-electron chi connectivity index (χ0n) is 12.1. The molecule has 6 nitrogen and oxygen atoms in total. The van der Waals surface area contributed by atoms with E-state index in [2.05, 4.69) is 5.32 Å². The number of carbonyl (C=O) groups is 2. The summed E-state index contributed by atoms with van der Waals surface area (Å²) in [6, 6.07) is 4.39. The average Bonchev–Trinajstić information content (AvgIpc) is 2.84. The molecule has 0 aliphatic carbocycles. The Morgan fingerprint density at radius 3 is 2.67 bits per heavy atom. The predicted molar refractivity (Wildman–Crippen MR) is 75.3 cm³/mol. The summed E-state index contributed by atoms with van der Waals surface area (Å²) >= 11 is 0. The van der Waals surface area contributed by atoms with Crippen molar-refractivity contribution in [2.75, 3.05) is 6.79 Å². The Hall–Kier alpha value is -2.24. The second kappa shape index (κ2) is 6.47. The number of ether oxygens (including phenoxy) is 2. The van der Waals surface area contributed by atoms with Crippen molar-refractivity contribution in [2.45, 2.75) is 32.7 Å². The smallest absolute Gasteiger partial charge is 0.326 e. The SMILES string of the molecule is CC(C)C[C@@H](NC(=O)Cc1ccc2c(c1)OCO2)C(=O)O. The van der Waals surface area contributed by atoms with Gasteiger partial charge in [0, 0.05) is 0 Å². The molecule has 114 valence electrons. The van der Waals surface area contributed by atoms with Gasteiger partial charge in [-0.05, 0) is 30.0 Å². The first-order valence-electron chi connectivity index (χ1n) is 6.86. The third kappa shape index (κ3) is 4.11. The molecule has 0 saturated heterocycles. The minimum Gasteiger partial charge on any atom is -0.480 e. The molecule has 6 heteroatoms. The Kier molecular flexibility index (Phi) is 4.67. The van der Waals surface area contributed by atoms with E-state index in [4.69, 9.17) is 14.6 Å². The molecule has 1 amide bonds. The quantitative estimate of drug-likeness (QED) is 0.831. The molecule has 0 bridgehead atoms. The monoisotopic (exact) mass is 293 g/mol. The number of fused-ring (bicyclic) bond motifs is 1. The highest BCUT2D eigenvalue weighted by atomic mass is 16.7. The molecule has 1 aromatic rings. The molecule has 21 heavy (non-hydrogen) atoms. The van der Waals surface area contributed by atoms with Gasteiger partial charge in [-0.2, -0.15) is 0 Å². The van der Waals surface area contributed by atoms with Crippen molar-refractivity contribution in [2.24, 2.45) is 5.92 Å². The molecule has 0 unspecified atom stereocenters. The number of carboxylic acid groups (broad SMARTS) is 1. The highest BCUT2D eigenvalue weighted by molar-refractivity contribution is 5.85. The highest BCUT2D eigenvalue weighted by Crippen LogP contribution is 2.32. The Labute approximate surface area is 123 Å². The van der Waals surface area contributed by atoms with E-state index in [1.165, 1.54) is 0 Å². The summed E-state index contributed by atoms with van der Waals surface area (Å²) in [5, 5.41) is 11.7. The molecular formula is C15H19NO5. The second-order valence-electron chi connectivity index (χ2n) is 5.45. The van der Waals surface area contributed by atoms with Crippen LogP contribution in [0.1, 0.15) is 25.8 Å². The molecule has 1 atom stereocenters. The minimum absolute atomic E-state index is 0.110. The Morgan fingerprint density at radius 1 is 1.29 bits per heavy atom. The van der Waals surface area contributed by atoms with Gasteiger partial charge in [0.1, 0.15) is 6.04 Å². The van der Waals surface area contributed by atoms with Crippen LogP contribution >= 0.6 is 0 Å². The fourth-order valence-electron chi connectivity index (χ4n) is 2.17. The Bertz CT molecular complexity index is 541. The van der Waals surface area contributed by atoms with E-state index in [1.807, 2.05) is 13.8 Å². The van der Waals surface area contributed by atoms with Crippen LogP contribution in [0.5, 0.6) is 11.5 Å². The number of carbonyl (C=O) groups excluding carboxylic acids is 1. The van der Waals surface area contributed by atoms with Crippen LogP contribution in [0.25, 0.3) is 0 Å². The van der Waals surface area contributed by atoms with Crippen molar-refractivity contribution in [3.63, 3.8) is 0 Å². The zero-order valence-corrected chi connectivity index (χ0v) is 12.1. The van der Waals surface area contributed by atoms with Crippen LogP contribution in [0.4, 0.5) is 0 Å². The summed E-state index contributed by atoms with van der Waals surface area (Å²) in [7, 11) is 0. The van der Waals surface area contributed by atoms with E-state index < -0.39 is 12.0 Å². The van der Waals surface area contributed by atoms with Gasteiger partial charge in [0.25, 0.3) is 0 Å². The zero-order chi connectivity index (χ0) is 15.4. The first-order valence-corrected chi connectivity index (χ1v) is 6.86. The Morgan fingerprint density at radius 2 is 2.00 bits per heavy atom. The van der Waals surface area contributed by atoms with E-state index in [-0.39, 0.29) is 25.0 Å². The topological polar surface area (TPSA) is 84.9 Å². The van der Waals surface area contributed by atoms with Gasteiger partial charge >= 0.3 is 5.97 Å². The lowest BCUT2D eigenvalue weighted by molar-refractivity contribution is -0.142. The summed E-state index contributed by atoms with van der Waals surface area (Å²) in [5.74, 6) is 0.126. The minimum atomic E-state index is -1.01. The van der Waals surface area contributed by atoms with Crippen LogP contribution in [-0.4, -0.2) is 29.8 Å². The summed E-state index contributed by atoms with van der Waals surface area (Å²) in [6.07, 6.45) is 0.515. The van der Waals surface area contributed by atoms with Crippen LogP contribution in [0.3, 0.4) is 0 Å². The van der Waals surface area contributed by atoms with E-state index in [0.29, 0.717) is 17.9 Å². The van der Waals surface area contributed by atoms with Gasteiger partial charge in [0.2, 0.25) is 12.7 Å². The van der Waals surface area contributed by atoms with E-state index in [0.717, 1.165) is 5.56 Å². The van der Waals surface area contributed by atoms with Crippen LogP contribution in [-0.2, 0) is 16.0 Å². The maximum atomic E-state index is 12.0. The number of carboxylic acids is 1. The van der Waals surface area contributed by atoms with E-state index in [1.54, 1.807) is 18.2 Å². The maximum Gasteiger partial charge on any atom is 0.326 e. The number of amides is 1. The van der Waals surface area contributed by atoms with Gasteiger partial charge in [-0.15, -0.1) is 0 Å². The van der Waals surface area contributed by atoms with Crippen molar-refractivity contribution in [1.29, 1.82) is 0 Å². The van der Waals surface area contributed by atoms with Crippen molar-refractivity contribution < 1.29 is 24.2 Å². The van der Waals surface area contributed by atoms with Gasteiger partial charge in [-0.3, -0.25) is 4.79 Å². The van der Waals surface area contributed by atoms with Crippen molar-refractivity contribution >= 4 is 11.9 Å². The van der Waals surface area contributed by atoms with Crippen LogP contribution in [0.15, 0.2) is 18.2 Å². The van der Waals surface area contributed by atoms with E-state index >= 15 is 0 Å². The number of rotatable bonds is 6. The fourth-order valence-corrected chi connectivity index (χ4v) is 2.17. The predicted octanol–water partition coefficient (Wildman–Crippen LogP) is 1.57. The molecule has 1 aromatic carbocycles. The molecule has 1 heterocycles. The molecule has 0 radical (unpaired) electrons. The van der Waals surface area contributed by atoms with Gasteiger partial charge in [-0.1, -0.05) is 19.9 Å². The van der Waals surface area contributed by atoms with Crippen LogP contribution in [0, 0.1) is 5.92 Å². The lowest BCUT2D eigenvalue weighted by Crippen LogP contribution is -2.42. The van der Waals surface area contributed by atoms with E-state index in [9.17, 15) is 9.59 Å². The molecule has 0 aromatic heterocycles. The molecule has 1 aliphatic heterocycles. The molecule has 0 spiro atoms. The molecular weight excluding hydrogens is 274 g/mol. The van der Waals surface area contributed by atoms with Gasteiger partial charge < -0.3 is 19.9 Å². The van der Waals surface area contributed by atoms with Gasteiger partial charge in [0.05, 0.1) is 6.42 Å². The molecule has 1 aliphatic rings. The summed E-state index contributed by atoms with van der Waals surface area (Å²) in [5.41, 5.74) is 0.755. The number of hydrogen-bond donors (Lipinski definition) is 2. The molecule has 0 fully saturated rings. The van der Waals surface area contributed by atoms with Crippen molar-refractivity contribution in [1.82, 2.24) is 5.32 Å². The number of hydrogen-bond acceptors (Lipinski definition) is 4. The van der Waals surface area contributed by atoms with Gasteiger partial charge in [0.15, 0.2) is 11.5 Å². The van der Waals surface area contributed by atoms with Crippen molar-refractivity contribution in [3.8, 4) is 11.5 Å². The molecule has 0 saturated carbocycles. The first-order chi connectivity index (χ1) is 9.95. The number of benzene rings is 1. The van der Waals surface area contributed by atoms with Crippen LogP contribution in [0.2, 0.25) is 0 Å². The van der Waals surface area contributed by atoms with Crippen LogP contribution < -0.4 is 14.8 Å². The lowest BCUT2D eigenvalue weighted by atomic mass is 10.0. The first kappa shape index (κ1) is 15.2. The Balaban J connectivity index is 1.96. The summed E-state index contributed by atoms with van der Waals surface area (Å²) < 4.78 is 10.4. The van der Waals surface area contributed by atoms with Gasteiger partial charge in [-0.25, -0.2) is 4.79 Å². The molecule has 2 N–H and O–H groups in total. The van der Waals surface area contributed by atoms with Crippen molar-refractivity contribution in [3.05, 3.63) is 23.8 Å². The number of aliphatic carboxylic acids is 1. The molecule has 2 rings (SSSR count). The maximum absolute atomic E-state index is 12.0. The average molecular weight is 293 g/mol. The third-order valence-electron chi connectivity index (χ3n) is 3.14. The second-order valence-corrected chi connectivity index (χ2v) is 5.45. The third-order valence-corrected chi connectivity index (χ3v) is 3.14. The summed E-state index contributed by atoms with van der Waals surface area (Å²) in [6.45, 7) is 4.01. The normalized spacial score (nSPS) is 14.0. The highest BCUT2D eigenvalue weighted by Gasteiger charge is 2.21. The largest absolute Gasteiger partial charge is 0.480 e. The summed E-state index contributed by atoms with van der Waals surface area (Å²) in [4.78, 5) is 23.1. The fraction of sp³-hybridized carbons (Fsp3) is 0.467. The number of nitrogens with one attached hydrogen (secondary N) is 1.